The van der Waals surface area contributed by atoms with E-state index in [0.717, 1.165) is 0 Å². The third-order valence-corrected chi connectivity index (χ3v) is 16.6. The number of hydrogen-bond acceptors (Lipinski definition) is 2. The summed E-state index contributed by atoms with van der Waals surface area (Å²) < 4.78 is 0. The van der Waals surface area contributed by atoms with Crippen molar-refractivity contribution in [2.75, 3.05) is 9.80 Å². The Morgan fingerprint density at radius 3 is 0.924 bits per heavy atom. The summed E-state index contributed by atoms with van der Waals surface area (Å²) >= 11 is 0. The van der Waals surface area contributed by atoms with Crippen LogP contribution in [0.1, 0.15) is 105 Å². The molecule has 0 aromatic heterocycles. The molecule has 0 unspecified atom stereocenters. The predicted molar refractivity (Wildman–Crippen MR) is 342 cm³/mol. The first-order chi connectivity index (χ1) is 37.7. The largest absolute Gasteiger partial charge is 0.311 e. The van der Waals surface area contributed by atoms with E-state index >= 15 is 0 Å². The lowest BCUT2D eigenvalue weighted by Gasteiger charge is -2.45. The van der Waals surface area contributed by atoms with Crippen LogP contribution in [0.15, 0.2) is 224 Å². The fourth-order valence-electron chi connectivity index (χ4n) is 12.1. The van der Waals surface area contributed by atoms with E-state index in [1.807, 2.05) is 0 Å². The van der Waals surface area contributed by atoms with Gasteiger partial charge in [0.15, 0.2) is 0 Å². The number of nitrogens with zero attached hydrogens (tertiary/aromatic N) is 2. The van der Waals surface area contributed by atoms with Crippen LogP contribution in [-0.4, -0.2) is 6.71 Å². The SMILES string of the molecule is CC(C)(C)c1cc(N2c3ccc(-c4ccccc4)cc3B3c4cc(-c5ccccc5)ccc4N(c4cc(C(C)(C)C)cc(C(C)(C)C)c4)c4cc(-c5c(-c6ccccc6)cccc5-c5ccccc5)cc2c43)cc(C(C)(C)C)c1. The highest BCUT2D eigenvalue weighted by Crippen LogP contribution is 2.51. The highest BCUT2D eigenvalue weighted by Gasteiger charge is 2.45. The Balaban J connectivity index is 1.28. The van der Waals surface area contributed by atoms with E-state index in [-0.39, 0.29) is 28.4 Å². The van der Waals surface area contributed by atoms with Gasteiger partial charge in [0, 0.05) is 34.1 Å². The van der Waals surface area contributed by atoms with E-state index in [4.69, 9.17) is 0 Å². The van der Waals surface area contributed by atoms with Gasteiger partial charge in [0.2, 0.25) is 0 Å². The third-order valence-electron chi connectivity index (χ3n) is 16.6. The van der Waals surface area contributed by atoms with Crippen molar-refractivity contribution in [1.82, 2.24) is 0 Å². The van der Waals surface area contributed by atoms with Crippen molar-refractivity contribution in [2.24, 2.45) is 0 Å². The first-order valence-corrected chi connectivity index (χ1v) is 28.4. The molecule has 10 aromatic rings. The standard InChI is InChI=1S/C76H73BN2/c1-73(2,3)57-44-58(74(4,5)6)47-61(46-57)78-67-38-36-54(50-26-17-13-18-27-50)40-65(67)77-66-41-55(51-28-19-14-20-29-51)37-39-68(66)79(62-48-59(75(7,8)9)45-60(49-62)76(10,11)12)70-43-56(42-69(78)72(70)77)71-63(52-30-21-15-22-31-52)34-25-35-64(71)53-32-23-16-24-33-53/h13-49H,1-12H3. The van der Waals surface area contributed by atoms with Crippen molar-refractivity contribution >= 4 is 57.2 Å². The minimum atomic E-state index is -0.123. The maximum atomic E-state index is 2.65. The highest BCUT2D eigenvalue weighted by molar-refractivity contribution is 7.00. The lowest BCUT2D eigenvalue weighted by Crippen LogP contribution is -2.61. The summed E-state index contributed by atoms with van der Waals surface area (Å²) in [5.41, 5.74) is 27.8. The summed E-state index contributed by atoms with van der Waals surface area (Å²) in [5.74, 6) is 0. The van der Waals surface area contributed by atoms with Crippen LogP contribution in [0.3, 0.4) is 0 Å². The van der Waals surface area contributed by atoms with Gasteiger partial charge < -0.3 is 9.80 Å². The maximum Gasteiger partial charge on any atom is 0.252 e. The molecule has 12 rings (SSSR count). The molecular formula is C76H73BN2. The molecule has 79 heavy (non-hydrogen) atoms. The molecule has 2 aliphatic heterocycles. The molecule has 0 spiro atoms. The summed E-state index contributed by atoms with van der Waals surface area (Å²) in [7, 11) is 0. The average molecular weight is 1030 g/mol. The van der Waals surface area contributed by atoms with Crippen LogP contribution in [0.25, 0.3) is 55.6 Å². The first kappa shape index (κ1) is 51.6. The molecule has 10 aromatic carbocycles. The second-order valence-corrected chi connectivity index (χ2v) is 26.3. The summed E-state index contributed by atoms with van der Waals surface area (Å²) in [6.07, 6.45) is 0. The number of fused-ring (bicyclic) bond motifs is 4. The third kappa shape index (κ3) is 9.52. The summed E-state index contributed by atoms with van der Waals surface area (Å²) in [6, 6.07) is 85.4. The first-order valence-electron chi connectivity index (χ1n) is 28.4. The maximum absolute atomic E-state index is 2.65. The zero-order valence-electron chi connectivity index (χ0n) is 48.3. The molecular weight excluding hydrogens is 952 g/mol. The molecule has 2 aliphatic rings. The van der Waals surface area contributed by atoms with Crippen molar-refractivity contribution in [1.29, 1.82) is 0 Å². The fourth-order valence-corrected chi connectivity index (χ4v) is 12.1. The fraction of sp³-hybridized carbons (Fsp3) is 0.211. The Kier molecular flexibility index (Phi) is 12.6. The van der Waals surface area contributed by atoms with Gasteiger partial charge in [0.25, 0.3) is 6.71 Å². The molecule has 390 valence electrons. The van der Waals surface area contributed by atoms with Crippen LogP contribution in [0.5, 0.6) is 0 Å². The van der Waals surface area contributed by atoms with E-state index in [1.165, 1.54) is 128 Å². The number of hydrogen-bond donors (Lipinski definition) is 0. The molecule has 0 radical (unpaired) electrons. The Bertz CT molecular complexity index is 3610. The molecule has 2 heterocycles. The van der Waals surface area contributed by atoms with Gasteiger partial charge in [-0.2, -0.15) is 0 Å². The molecule has 0 N–H and O–H groups in total. The van der Waals surface area contributed by atoms with E-state index in [1.54, 1.807) is 0 Å². The number of rotatable bonds is 7. The Morgan fingerprint density at radius 2 is 0.595 bits per heavy atom. The predicted octanol–water partition coefficient (Wildman–Crippen LogP) is 19.3. The molecule has 0 saturated heterocycles. The molecule has 0 amide bonds. The highest BCUT2D eigenvalue weighted by atomic mass is 15.2. The topological polar surface area (TPSA) is 6.48 Å². The zero-order valence-corrected chi connectivity index (χ0v) is 48.3. The Hall–Kier alpha value is -8.14. The van der Waals surface area contributed by atoms with Gasteiger partial charge in [0.1, 0.15) is 0 Å². The van der Waals surface area contributed by atoms with Crippen molar-refractivity contribution in [3.8, 4) is 55.6 Å². The summed E-state index contributed by atoms with van der Waals surface area (Å²) in [5, 5.41) is 0. The van der Waals surface area contributed by atoms with Gasteiger partial charge in [-0.25, -0.2) is 0 Å². The van der Waals surface area contributed by atoms with Crippen LogP contribution in [0.2, 0.25) is 0 Å². The molecule has 3 heteroatoms. The average Bonchev–Trinajstić information content (AvgIpc) is 3.62. The van der Waals surface area contributed by atoms with Gasteiger partial charge in [-0.1, -0.05) is 259 Å². The quantitative estimate of drug-likeness (QED) is 0.147. The number of benzene rings is 10. The monoisotopic (exact) mass is 1020 g/mol. The van der Waals surface area contributed by atoms with Crippen LogP contribution >= 0.6 is 0 Å². The Morgan fingerprint density at radius 1 is 0.266 bits per heavy atom. The van der Waals surface area contributed by atoms with Crippen LogP contribution < -0.4 is 26.2 Å². The second-order valence-electron chi connectivity index (χ2n) is 26.3. The molecule has 0 aliphatic carbocycles. The second kappa shape index (κ2) is 19.3. The van der Waals surface area contributed by atoms with Gasteiger partial charge in [-0.3, -0.25) is 0 Å². The minimum absolute atomic E-state index is 0.110. The van der Waals surface area contributed by atoms with E-state index in [0.29, 0.717) is 0 Å². The van der Waals surface area contributed by atoms with Crippen molar-refractivity contribution < 1.29 is 0 Å². The van der Waals surface area contributed by atoms with Gasteiger partial charge in [0.05, 0.1) is 0 Å². The summed E-state index contributed by atoms with van der Waals surface area (Å²) in [4.78, 5) is 5.30. The Labute approximate surface area is 471 Å². The lowest BCUT2D eigenvalue weighted by molar-refractivity contribution is 0.568. The van der Waals surface area contributed by atoms with Crippen molar-refractivity contribution in [3.63, 3.8) is 0 Å². The normalized spacial score (nSPS) is 13.2. The van der Waals surface area contributed by atoms with Gasteiger partial charge in [-0.15, -0.1) is 0 Å². The summed E-state index contributed by atoms with van der Waals surface area (Å²) in [6.45, 7) is 28.2. The molecule has 0 atom stereocenters. The molecule has 0 bridgehead atoms. The van der Waals surface area contributed by atoms with Gasteiger partial charge in [-0.05, 0) is 164 Å². The van der Waals surface area contributed by atoms with E-state index in [9.17, 15) is 0 Å². The lowest BCUT2D eigenvalue weighted by atomic mass is 9.33. The van der Waals surface area contributed by atoms with Crippen LogP contribution in [0, 0.1) is 0 Å². The van der Waals surface area contributed by atoms with E-state index in [2.05, 4.69) is 317 Å². The van der Waals surface area contributed by atoms with Crippen LogP contribution in [0.4, 0.5) is 34.1 Å². The smallest absolute Gasteiger partial charge is 0.252 e. The number of anilines is 6. The molecule has 0 saturated carbocycles. The van der Waals surface area contributed by atoms with Crippen LogP contribution in [-0.2, 0) is 21.7 Å². The molecule has 0 fully saturated rings. The van der Waals surface area contributed by atoms with E-state index < -0.39 is 0 Å². The van der Waals surface area contributed by atoms with Gasteiger partial charge >= 0.3 is 0 Å². The molecule has 2 nitrogen and oxygen atoms in total. The van der Waals surface area contributed by atoms with Crippen molar-refractivity contribution in [3.05, 3.63) is 247 Å². The minimum Gasteiger partial charge on any atom is -0.311 e. The van der Waals surface area contributed by atoms with Crippen molar-refractivity contribution in [2.45, 2.75) is 105 Å². The zero-order chi connectivity index (χ0) is 55.2.